The average Bonchev–Trinajstić information content (AvgIpc) is 3.67. The van der Waals surface area contributed by atoms with Crippen LogP contribution in [0.3, 0.4) is 0 Å². The van der Waals surface area contributed by atoms with Gasteiger partial charge in [0.05, 0.1) is 19.9 Å². The second-order valence-electron chi connectivity index (χ2n) is 11.4. The Morgan fingerprint density at radius 2 is 1.38 bits per heavy atom. The molecule has 1 unspecified atom stereocenters. The van der Waals surface area contributed by atoms with E-state index in [1.54, 1.807) is 67.8 Å². The summed E-state index contributed by atoms with van der Waals surface area (Å²) in [5, 5.41) is 7.99. The van der Waals surface area contributed by atoms with Gasteiger partial charge < -0.3 is 29.8 Å². The van der Waals surface area contributed by atoms with E-state index in [0.29, 0.717) is 40.0 Å². The van der Waals surface area contributed by atoms with E-state index in [-0.39, 0.29) is 11.6 Å². The molecule has 0 radical (unpaired) electrons. The summed E-state index contributed by atoms with van der Waals surface area (Å²) in [6.07, 6.45) is 1.49. The zero-order chi connectivity index (χ0) is 36.3. The summed E-state index contributed by atoms with van der Waals surface area (Å²) >= 11 is 1.36. The number of hydrogen-bond donors (Lipinski definition) is 3. The topological polar surface area (TPSA) is 119 Å². The maximum absolute atomic E-state index is 13.8. The van der Waals surface area contributed by atoms with Crippen LogP contribution in [0.25, 0.3) is 17.4 Å². The van der Waals surface area contributed by atoms with Gasteiger partial charge in [-0.15, -0.1) is 11.8 Å². The smallest absolute Gasteiger partial charge is 0.272 e. The maximum atomic E-state index is 13.8. The molecule has 3 amide bonds. The normalized spacial score (nSPS) is 11.6. The quantitative estimate of drug-likeness (QED) is 0.0810. The van der Waals surface area contributed by atoms with Crippen LogP contribution >= 0.6 is 11.8 Å². The van der Waals surface area contributed by atoms with Gasteiger partial charge in [0.25, 0.3) is 11.8 Å². The van der Waals surface area contributed by atoms with E-state index >= 15 is 0 Å². The Balaban J connectivity index is 1.20. The number of amides is 3. The fourth-order valence-corrected chi connectivity index (χ4v) is 6.26. The van der Waals surface area contributed by atoms with Crippen molar-refractivity contribution in [2.75, 3.05) is 24.9 Å². The minimum absolute atomic E-state index is 0.00458. The summed E-state index contributed by atoms with van der Waals surface area (Å²) in [4.78, 5) is 41.3. The molecule has 0 saturated heterocycles. The summed E-state index contributed by atoms with van der Waals surface area (Å²) in [6.45, 7) is 0. The third kappa shape index (κ3) is 8.98. The molecule has 6 rings (SSSR count). The molecule has 9 nitrogen and oxygen atoms in total. The second kappa shape index (κ2) is 16.9. The Hall–Kier alpha value is -6.52. The lowest BCUT2D eigenvalue weighted by atomic mass is 10.1. The Morgan fingerprint density at radius 1 is 0.712 bits per heavy atom. The van der Waals surface area contributed by atoms with Crippen LogP contribution in [0.1, 0.15) is 26.9 Å². The van der Waals surface area contributed by atoms with Gasteiger partial charge in [0, 0.05) is 33.9 Å². The highest BCUT2D eigenvalue weighted by Gasteiger charge is 2.24. The first kappa shape index (κ1) is 35.3. The van der Waals surface area contributed by atoms with E-state index in [2.05, 4.69) is 16.0 Å². The van der Waals surface area contributed by atoms with Gasteiger partial charge >= 0.3 is 0 Å². The molecule has 0 saturated carbocycles. The lowest BCUT2D eigenvalue weighted by Gasteiger charge is -2.19. The molecule has 1 atom stereocenters. The highest BCUT2D eigenvalue weighted by atomic mass is 32.2. The van der Waals surface area contributed by atoms with Crippen LogP contribution in [0.2, 0.25) is 0 Å². The lowest BCUT2D eigenvalue weighted by Crippen LogP contribution is -2.30. The van der Waals surface area contributed by atoms with Gasteiger partial charge in [-0.05, 0) is 66.2 Å². The lowest BCUT2D eigenvalue weighted by molar-refractivity contribution is -0.116. The number of rotatable bonds is 13. The molecule has 5 aromatic carbocycles. The summed E-state index contributed by atoms with van der Waals surface area (Å²) in [7, 11) is 3.09. The maximum Gasteiger partial charge on any atom is 0.272 e. The summed E-state index contributed by atoms with van der Waals surface area (Å²) < 4.78 is 16.8. The number of methoxy groups -OCH3 is 2. The number of carbonyl (C=O) groups is 3. The van der Waals surface area contributed by atoms with Crippen molar-refractivity contribution in [1.29, 1.82) is 0 Å². The molecule has 0 aliphatic rings. The molecule has 260 valence electrons. The molecule has 0 fully saturated rings. The molecule has 10 heteroatoms. The Bertz CT molecular complexity index is 2170. The van der Waals surface area contributed by atoms with Gasteiger partial charge in [-0.3, -0.25) is 14.4 Å². The van der Waals surface area contributed by atoms with Crippen LogP contribution in [0.5, 0.6) is 11.5 Å². The number of nitrogens with one attached hydrogen (secondary N) is 3. The monoisotopic (exact) mass is 709 g/mol. The molecular formula is C42H35N3O6S. The van der Waals surface area contributed by atoms with Gasteiger partial charge in [0.1, 0.15) is 34.0 Å². The van der Waals surface area contributed by atoms with E-state index in [0.717, 1.165) is 16.0 Å². The van der Waals surface area contributed by atoms with Crippen LogP contribution in [0.4, 0.5) is 11.4 Å². The van der Waals surface area contributed by atoms with Crippen LogP contribution in [0, 0.1) is 0 Å². The van der Waals surface area contributed by atoms with Crippen molar-refractivity contribution in [3.05, 3.63) is 168 Å². The number of benzene rings is 5. The zero-order valence-electron chi connectivity index (χ0n) is 28.4. The second-order valence-corrected chi connectivity index (χ2v) is 12.6. The summed E-state index contributed by atoms with van der Waals surface area (Å²) in [6, 6.07) is 43.5. The minimum atomic E-state index is -0.616. The van der Waals surface area contributed by atoms with E-state index in [1.807, 2.05) is 84.9 Å². The predicted octanol–water partition coefficient (Wildman–Crippen LogP) is 8.85. The molecule has 0 aliphatic carbocycles. The predicted molar refractivity (Wildman–Crippen MR) is 204 cm³/mol. The molecule has 0 bridgehead atoms. The third-order valence-electron chi connectivity index (χ3n) is 7.87. The van der Waals surface area contributed by atoms with Crippen molar-refractivity contribution >= 4 is 46.9 Å². The first-order valence-corrected chi connectivity index (χ1v) is 17.2. The largest absolute Gasteiger partial charge is 0.497 e. The first-order chi connectivity index (χ1) is 25.4. The van der Waals surface area contributed by atoms with Crippen molar-refractivity contribution in [2.45, 2.75) is 10.1 Å². The number of ether oxygens (including phenoxy) is 2. The number of furan rings is 1. The van der Waals surface area contributed by atoms with Crippen LogP contribution in [-0.2, 0) is 9.59 Å². The van der Waals surface area contributed by atoms with Gasteiger partial charge in [-0.2, -0.15) is 0 Å². The molecule has 0 spiro atoms. The fraction of sp³-hybridized carbons (Fsp3) is 0.0714. The molecule has 3 N–H and O–H groups in total. The molecular weight excluding hydrogens is 675 g/mol. The molecule has 0 aliphatic heterocycles. The van der Waals surface area contributed by atoms with Crippen molar-refractivity contribution < 1.29 is 28.3 Å². The highest BCUT2D eigenvalue weighted by Crippen LogP contribution is 2.38. The van der Waals surface area contributed by atoms with Gasteiger partial charge in [-0.1, -0.05) is 78.9 Å². The number of thioether (sulfide) groups is 1. The van der Waals surface area contributed by atoms with Crippen molar-refractivity contribution in [2.24, 2.45) is 0 Å². The van der Waals surface area contributed by atoms with Gasteiger partial charge in [-0.25, -0.2) is 0 Å². The number of anilines is 2. The average molecular weight is 710 g/mol. The van der Waals surface area contributed by atoms with Crippen LogP contribution in [-0.4, -0.2) is 31.9 Å². The SMILES string of the molecule is COc1ccc(OC)c(NC(=O)C(Sc2ccc(NC(=O)C(=Cc3ccc(-c4ccccc4)o3)NC(=O)c3ccccc3)cc2)c2ccccc2)c1. The fourth-order valence-electron chi connectivity index (χ4n) is 5.23. The standard InChI is InChI=1S/C42H35N3O6S/c1-49-32-20-25-38(50-2)35(26-32)44-42(48)39(29-14-8-4-9-15-29)52-34-22-18-31(19-23-34)43-41(47)36(45-40(46)30-16-10-5-11-17-30)27-33-21-24-37(51-33)28-12-6-3-7-13-28/h3-27,39H,1-2H3,(H,43,47)(H,44,48)(H,45,46). The molecule has 6 aromatic rings. The summed E-state index contributed by atoms with van der Waals surface area (Å²) in [5.74, 6) is 0.855. The molecule has 1 heterocycles. The van der Waals surface area contributed by atoms with E-state index in [1.165, 1.54) is 24.9 Å². The van der Waals surface area contributed by atoms with Crippen LogP contribution in [0.15, 0.2) is 161 Å². The summed E-state index contributed by atoms with van der Waals surface area (Å²) in [5.41, 5.74) is 3.05. The van der Waals surface area contributed by atoms with Crippen LogP contribution < -0.4 is 25.4 Å². The van der Waals surface area contributed by atoms with E-state index in [4.69, 9.17) is 13.9 Å². The van der Waals surface area contributed by atoms with Gasteiger partial charge in [0.15, 0.2) is 0 Å². The zero-order valence-corrected chi connectivity index (χ0v) is 29.2. The number of carbonyl (C=O) groups excluding carboxylic acids is 3. The highest BCUT2D eigenvalue weighted by molar-refractivity contribution is 8.00. The van der Waals surface area contributed by atoms with E-state index < -0.39 is 17.1 Å². The Morgan fingerprint density at radius 3 is 2.06 bits per heavy atom. The van der Waals surface area contributed by atoms with Crippen molar-refractivity contribution in [3.8, 4) is 22.8 Å². The van der Waals surface area contributed by atoms with Gasteiger partial charge in [0.2, 0.25) is 5.91 Å². The third-order valence-corrected chi connectivity index (χ3v) is 9.14. The Kier molecular flexibility index (Phi) is 11.5. The molecule has 52 heavy (non-hydrogen) atoms. The first-order valence-electron chi connectivity index (χ1n) is 16.3. The Labute approximate surface area is 305 Å². The van der Waals surface area contributed by atoms with Crippen molar-refractivity contribution in [3.63, 3.8) is 0 Å². The van der Waals surface area contributed by atoms with Crippen molar-refractivity contribution in [1.82, 2.24) is 5.32 Å². The molecule has 1 aromatic heterocycles. The minimum Gasteiger partial charge on any atom is -0.497 e. The van der Waals surface area contributed by atoms with E-state index in [9.17, 15) is 14.4 Å². The number of hydrogen-bond acceptors (Lipinski definition) is 7.